The van der Waals surface area contributed by atoms with Crippen molar-refractivity contribution in [3.05, 3.63) is 66.1 Å². The second kappa shape index (κ2) is 5.50. The number of amides is 1. The fourth-order valence-corrected chi connectivity index (χ4v) is 2.02. The average Bonchev–Trinajstić information content (AvgIpc) is 3.01. The molecule has 0 aliphatic carbocycles. The highest BCUT2D eigenvalue weighted by Gasteiger charge is 2.12. The fraction of sp³-hybridized carbons (Fsp3) is 0. The van der Waals surface area contributed by atoms with Crippen molar-refractivity contribution >= 4 is 22.9 Å². The Balaban J connectivity index is 1.83. The van der Waals surface area contributed by atoms with Crippen molar-refractivity contribution in [1.29, 1.82) is 0 Å². The standard InChI is InChI=1S/C16H12N2O3/c19-15-13-6-2-1-4-11(13)7-8-14(15)16(20)18-17-10-12-5-3-9-21-12/h1-10,19H,(H,18,20)/b17-10+. The third-order valence-electron chi connectivity index (χ3n) is 3.05. The Bertz CT molecular complexity index is 808. The number of nitrogens with one attached hydrogen (secondary N) is 1. The van der Waals surface area contributed by atoms with E-state index in [1.807, 2.05) is 12.1 Å². The summed E-state index contributed by atoms with van der Waals surface area (Å²) in [6.45, 7) is 0. The number of hydrazone groups is 1. The highest BCUT2D eigenvalue weighted by Crippen LogP contribution is 2.28. The minimum absolute atomic E-state index is 0.0567. The third-order valence-corrected chi connectivity index (χ3v) is 3.05. The molecule has 1 aromatic heterocycles. The summed E-state index contributed by atoms with van der Waals surface area (Å²) < 4.78 is 5.05. The molecule has 0 fully saturated rings. The molecule has 104 valence electrons. The lowest BCUT2D eigenvalue weighted by atomic mass is 10.1. The molecule has 2 N–H and O–H groups in total. The number of furan rings is 1. The number of carbonyl (C=O) groups excluding carboxylic acids is 1. The van der Waals surface area contributed by atoms with Crippen LogP contribution >= 0.6 is 0 Å². The van der Waals surface area contributed by atoms with Crippen LogP contribution in [0.5, 0.6) is 5.75 Å². The van der Waals surface area contributed by atoms with Crippen LogP contribution in [-0.2, 0) is 0 Å². The first-order chi connectivity index (χ1) is 10.3. The normalized spacial score (nSPS) is 11.0. The molecule has 0 radical (unpaired) electrons. The van der Waals surface area contributed by atoms with Gasteiger partial charge >= 0.3 is 0 Å². The van der Waals surface area contributed by atoms with Gasteiger partial charge in [0, 0.05) is 5.39 Å². The summed E-state index contributed by atoms with van der Waals surface area (Å²) in [5.74, 6) is -0.0158. The van der Waals surface area contributed by atoms with Gasteiger partial charge in [-0.3, -0.25) is 4.79 Å². The summed E-state index contributed by atoms with van der Waals surface area (Å²) in [5, 5.41) is 15.4. The van der Waals surface area contributed by atoms with Crippen molar-refractivity contribution in [2.24, 2.45) is 5.10 Å². The highest BCUT2D eigenvalue weighted by atomic mass is 16.3. The van der Waals surface area contributed by atoms with Gasteiger partial charge in [-0.05, 0) is 23.6 Å². The van der Waals surface area contributed by atoms with E-state index in [1.54, 1.807) is 36.4 Å². The monoisotopic (exact) mass is 280 g/mol. The lowest BCUT2D eigenvalue weighted by Gasteiger charge is -2.06. The van der Waals surface area contributed by atoms with Crippen molar-refractivity contribution in [2.45, 2.75) is 0 Å². The minimum Gasteiger partial charge on any atom is -0.506 e. The Morgan fingerprint density at radius 1 is 1.14 bits per heavy atom. The number of benzene rings is 2. The largest absolute Gasteiger partial charge is 0.506 e. The molecule has 0 atom stereocenters. The van der Waals surface area contributed by atoms with Crippen molar-refractivity contribution in [1.82, 2.24) is 5.43 Å². The van der Waals surface area contributed by atoms with Gasteiger partial charge in [0.25, 0.3) is 5.91 Å². The SMILES string of the molecule is O=C(N/N=C/c1ccco1)c1ccc2ccccc2c1O. The molecule has 2 aromatic carbocycles. The molecule has 3 rings (SSSR count). The maximum absolute atomic E-state index is 12.0. The molecule has 0 spiro atoms. The first-order valence-corrected chi connectivity index (χ1v) is 6.33. The van der Waals surface area contributed by atoms with Gasteiger partial charge in [-0.1, -0.05) is 30.3 Å². The molecule has 0 aliphatic heterocycles. The summed E-state index contributed by atoms with van der Waals surface area (Å²) in [7, 11) is 0. The summed E-state index contributed by atoms with van der Waals surface area (Å²) in [6, 6.07) is 14.1. The van der Waals surface area contributed by atoms with Crippen LogP contribution in [0.15, 0.2) is 64.3 Å². The predicted molar refractivity (Wildman–Crippen MR) is 79.4 cm³/mol. The lowest BCUT2D eigenvalue weighted by Crippen LogP contribution is -2.17. The van der Waals surface area contributed by atoms with Crippen LogP contribution in [0.1, 0.15) is 16.1 Å². The molecule has 3 aromatic rings. The topological polar surface area (TPSA) is 74.8 Å². The molecule has 5 nitrogen and oxygen atoms in total. The Morgan fingerprint density at radius 2 is 2.00 bits per heavy atom. The van der Waals surface area contributed by atoms with Crippen molar-refractivity contribution in [3.63, 3.8) is 0 Å². The van der Waals surface area contributed by atoms with Crippen LogP contribution in [0, 0.1) is 0 Å². The first kappa shape index (κ1) is 12.9. The zero-order chi connectivity index (χ0) is 14.7. The van der Waals surface area contributed by atoms with Gasteiger partial charge in [0.05, 0.1) is 18.0 Å². The minimum atomic E-state index is -0.485. The van der Waals surface area contributed by atoms with E-state index in [9.17, 15) is 9.90 Å². The van der Waals surface area contributed by atoms with E-state index in [0.29, 0.717) is 11.1 Å². The number of carbonyl (C=O) groups is 1. The number of rotatable bonds is 3. The molecule has 0 saturated carbocycles. The van der Waals surface area contributed by atoms with Gasteiger partial charge in [-0.2, -0.15) is 5.10 Å². The summed E-state index contributed by atoms with van der Waals surface area (Å²) in [6.07, 6.45) is 2.90. The van der Waals surface area contributed by atoms with Gasteiger partial charge in [-0.15, -0.1) is 0 Å². The summed E-state index contributed by atoms with van der Waals surface area (Å²) >= 11 is 0. The smallest absolute Gasteiger partial charge is 0.275 e. The van der Waals surface area contributed by atoms with Crippen molar-refractivity contribution < 1.29 is 14.3 Å². The summed E-state index contributed by atoms with van der Waals surface area (Å²) in [5.41, 5.74) is 2.52. The molecule has 21 heavy (non-hydrogen) atoms. The lowest BCUT2D eigenvalue weighted by molar-refractivity contribution is 0.0952. The van der Waals surface area contributed by atoms with Gasteiger partial charge in [-0.25, -0.2) is 5.43 Å². The van der Waals surface area contributed by atoms with Crippen LogP contribution in [0.4, 0.5) is 0 Å². The first-order valence-electron chi connectivity index (χ1n) is 6.33. The Kier molecular flexibility index (Phi) is 3.39. The number of nitrogens with zero attached hydrogens (tertiary/aromatic N) is 1. The molecule has 5 heteroatoms. The Labute approximate surface area is 120 Å². The van der Waals surface area contributed by atoms with E-state index >= 15 is 0 Å². The average molecular weight is 280 g/mol. The zero-order valence-electron chi connectivity index (χ0n) is 11.0. The van der Waals surface area contributed by atoms with E-state index in [1.165, 1.54) is 12.5 Å². The van der Waals surface area contributed by atoms with E-state index in [4.69, 9.17) is 4.42 Å². The molecule has 0 bridgehead atoms. The van der Waals surface area contributed by atoms with E-state index in [0.717, 1.165) is 5.39 Å². The fourth-order valence-electron chi connectivity index (χ4n) is 2.02. The second-order valence-corrected chi connectivity index (χ2v) is 4.40. The summed E-state index contributed by atoms with van der Waals surface area (Å²) in [4.78, 5) is 12.0. The molecule has 0 aliphatic rings. The van der Waals surface area contributed by atoms with E-state index in [2.05, 4.69) is 10.5 Å². The Hall–Kier alpha value is -3.08. The molecule has 0 saturated heterocycles. The van der Waals surface area contributed by atoms with Crippen LogP contribution in [0.3, 0.4) is 0 Å². The van der Waals surface area contributed by atoms with Gasteiger partial charge in [0.2, 0.25) is 0 Å². The highest BCUT2D eigenvalue weighted by molar-refractivity contribution is 6.03. The second-order valence-electron chi connectivity index (χ2n) is 4.40. The molecular weight excluding hydrogens is 268 g/mol. The number of aromatic hydroxyl groups is 1. The number of hydrogen-bond donors (Lipinski definition) is 2. The maximum atomic E-state index is 12.0. The number of phenols is 1. The quantitative estimate of drug-likeness (QED) is 0.572. The maximum Gasteiger partial charge on any atom is 0.275 e. The number of phenolic OH excluding ortho intramolecular Hbond substituents is 1. The van der Waals surface area contributed by atoms with Crippen LogP contribution in [0.25, 0.3) is 10.8 Å². The molecular formula is C16H12N2O3. The number of fused-ring (bicyclic) bond motifs is 1. The molecule has 1 amide bonds. The Morgan fingerprint density at radius 3 is 2.81 bits per heavy atom. The van der Waals surface area contributed by atoms with Crippen LogP contribution in [-0.4, -0.2) is 17.2 Å². The molecule has 0 unspecified atom stereocenters. The van der Waals surface area contributed by atoms with Crippen molar-refractivity contribution in [2.75, 3.05) is 0 Å². The third kappa shape index (κ3) is 2.62. The van der Waals surface area contributed by atoms with E-state index in [-0.39, 0.29) is 11.3 Å². The van der Waals surface area contributed by atoms with Gasteiger partial charge in [0.1, 0.15) is 11.5 Å². The van der Waals surface area contributed by atoms with Gasteiger partial charge < -0.3 is 9.52 Å². The van der Waals surface area contributed by atoms with Gasteiger partial charge in [0.15, 0.2) is 0 Å². The zero-order valence-corrected chi connectivity index (χ0v) is 11.0. The molecule has 1 heterocycles. The van der Waals surface area contributed by atoms with Crippen LogP contribution < -0.4 is 5.43 Å². The predicted octanol–water partition coefficient (Wildman–Crippen LogP) is 2.90. The van der Waals surface area contributed by atoms with Crippen molar-refractivity contribution in [3.8, 4) is 5.75 Å². The van der Waals surface area contributed by atoms with E-state index < -0.39 is 5.91 Å². The van der Waals surface area contributed by atoms with Crippen LogP contribution in [0.2, 0.25) is 0 Å². The number of hydrogen-bond acceptors (Lipinski definition) is 4.